The van der Waals surface area contributed by atoms with E-state index in [0.717, 1.165) is 44.7 Å². The van der Waals surface area contributed by atoms with Gasteiger partial charge in [-0.25, -0.2) is 0 Å². The Bertz CT molecular complexity index is 3500. The van der Waals surface area contributed by atoms with Crippen LogP contribution in [0.4, 0.5) is 17.1 Å². The fourth-order valence-electron chi connectivity index (χ4n) is 9.09. The summed E-state index contributed by atoms with van der Waals surface area (Å²) in [4.78, 5) is 2.44. The first kappa shape index (κ1) is 30.1. The fourth-order valence-corrected chi connectivity index (χ4v) is 9.09. The number of benzene rings is 10. The van der Waals surface area contributed by atoms with Gasteiger partial charge in [0.25, 0.3) is 0 Å². The summed E-state index contributed by atoms with van der Waals surface area (Å²) in [5.74, 6) is 0. The third-order valence-electron chi connectivity index (χ3n) is 11.5. The second-order valence-corrected chi connectivity index (χ2v) is 14.5. The Labute approximate surface area is 316 Å². The second kappa shape index (κ2) is 11.6. The molecule has 0 saturated carbocycles. The average Bonchev–Trinajstić information content (AvgIpc) is 3.79. The van der Waals surface area contributed by atoms with Gasteiger partial charge in [0, 0.05) is 44.0 Å². The average molecular weight is 701 g/mol. The lowest BCUT2D eigenvalue weighted by Crippen LogP contribution is -2.10. The molecule has 0 aliphatic carbocycles. The molecule has 2 aromatic heterocycles. The van der Waals surface area contributed by atoms with Crippen molar-refractivity contribution in [2.45, 2.75) is 0 Å². The third kappa shape index (κ3) is 4.44. The van der Waals surface area contributed by atoms with Crippen molar-refractivity contribution in [3.05, 3.63) is 194 Å². The lowest BCUT2D eigenvalue weighted by molar-refractivity contribution is 0.669. The van der Waals surface area contributed by atoms with Crippen LogP contribution in [-0.4, -0.2) is 4.57 Å². The van der Waals surface area contributed by atoms with Gasteiger partial charge in [0.15, 0.2) is 0 Å². The summed E-state index contributed by atoms with van der Waals surface area (Å²) >= 11 is 0. The van der Waals surface area contributed by atoms with Crippen LogP contribution in [0.1, 0.15) is 0 Å². The number of para-hydroxylation sites is 3. The third-order valence-corrected chi connectivity index (χ3v) is 11.5. The molecule has 0 bridgehead atoms. The molecule has 0 unspecified atom stereocenters. The van der Waals surface area contributed by atoms with Crippen LogP contribution in [0.15, 0.2) is 199 Å². The van der Waals surface area contributed by atoms with E-state index in [2.05, 4.69) is 191 Å². The Hall–Kier alpha value is -7.36. The van der Waals surface area contributed by atoms with Gasteiger partial charge < -0.3 is 13.9 Å². The van der Waals surface area contributed by atoms with E-state index in [4.69, 9.17) is 4.42 Å². The number of fused-ring (bicyclic) bond motifs is 13. The Balaban J connectivity index is 1.17. The van der Waals surface area contributed by atoms with E-state index in [1.165, 1.54) is 64.9 Å². The van der Waals surface area contributed by atoms with Crippen molar-refractivity contribution in [2.75, 3.05) is 4.90 Å². The Morgan fingerprint density at radius 1 is 0.345 bits per heavy atom. The first-order valence-electron chi connectivity index (χ1n) is 18.8. The molecule has 3 heteroatoms. The van der Waals surface area contributed by atoms with Crippen molar-refractivity contribution in [3.8, 4) is 5.69 Å². The maximum atomic E-state index is 6.32. The number of aromatic nitrogens is 1. The van der Waals surface area contributed by atoms with E-state index in [0.29, 0.717) is 0 Å². The Kier molecular flexibility index (Phi) is 6.34. The minimum atomic E-state index is 0.883. The van der Waals surface area contributed by atoms with Crippen LogP contribution < -0.4 is 4.90 Å². The minimum Gasteiger partial charge on any atom is -0.456 e. The molecular formula is C52H32N2O. The van der Waals surface area contributed by atoms with Crippen LogP contribution in [0.5, 0.6) is 0 Å². The lowest BCUT2D eigenvalue weighted by atomic mass is 9.92. The van der Waals surface area contributed by atoms with Crippen molar-refractivity contribution >= 4 is 104 Å². The van der Waals surface area contributed by atoms with Crippen molar-refractivity contribution in [1.82, 2.24) is 4.57 Å². The van der Waals surface area contributed by atoms with Gasteiger partial charge in [0.2, 0.25) is 0 Å². The highest BCUT2D eigenvalue weighted by Crippen LogP contribution is 2.46. The molecule has 12 rings (SSSR count). The Morgan fingerprint density at radius 2 is 0.945 bits per heavy atom. The summed E-state index contributed by atoms with van der Waals surface area (Å²) in [7, 11) is 0. The van der Waals surface area contributed by atoms with Crippen LogP contribution in [0.25, 0.3) is 92.5 Å². The van der Waals surface area contributed by atoms with Gasteiger partial charge in [-0.2, -0.15) is 0 Å². The first-order chi connectivity index (χ1) is 27.3. The fraction of sp³-hybridized carbons (Fsp3) is 0. The molecule has 0 amide bonds. The Morgan fingerprint density at radius 3 is 1.80 bits per heavy atom. The number of anilines is 3. The second-order valence-electron chi connectivity index (χ2n) is 14.5. The number of nitrogens with zero attached hydrogens (tertiary/aromatic N) is 2. The van der Waals surface area contributed by atoms with Gasteiger partial charge in [0.05, 0.1) is 16.7 Å². The highest BCUT2D eigenvalue weighted by molar-refractivity contribution is 6.28. The molecule has 0 aliphatic heterocycles. The SMILES string of the molecule is c1ccc(-n2c3ccccc3c3cc(N(c4ccc5oc6ccccc6c5c4)c4cccc5c4ccc4ccc6ccc7ccccc7c6c45)ccc32)cc1. The molecule has 256 valence electrons. The number of hydrogen-bond acceptors (Lipinski definition) is 2. The standard InChI is InChI=1S/C52H32N2O/c1-2-12-36(13-3-1)54-47-18-8-6-15-40(47)44-31-37(26-29-48(44)54)53(38-27-30-50-45(32-38)42-16-7-9-20-49(42)55-50)46-19-10-17-43-41(46)28-25-35-24-23-34-22-21-33-11-4-5-14-39(33)51(34)52(35)43/h1-32H. The normalized spacial score (nSPS) is 12.0. The molecular weight excluding hydrogens is 669 g/mol. The van der Waals surface area contributed by atoms with E-state index >= 15 is 0 Å². The van der Waals surface area contributed by atoms with E-state index in [-0.39, 0.29) is 0 Å². The van der Waals surface area contributed by atoms with Gasteiger partial charge >= 0.3 is 0 Å². The maximum Gasteiger partial charge on any atom is 0.135 e. The predicted molar refractivity (Wildman–Crippen MR) is 233 cm³/mol. The number of furan rings is 1. The topological polar surface area (TPSA) is 21.3 Å². The van der Waals surface area contributed by atoms with Crippen LogP contribution in [0.2, 0.25) is 0 Å². The zero-order valence-electron chi connectivity index (χ0n) is 29.8. The molecule has 0 radical (unpaired) electrons. The quantitative estimate of drug-likeness (QED) is 0.170. The zero-order valence-corrected chi connectivity index (χ0v) is 29.8. The van der Waals surface area contributed by atoms with Gasteiger partial charge in [-0.15, -0.1) is 0 Å². The van der Waals surface area contributed by atoms with Crippen LogP contribution in [0, 0.1) is 0 Å². The molecule has 3 nitrogen and oxygen atoms in total. The van der Waals surface area contributed by atoms with Crippen molar-refractivity contribution < 1.29 is 4.42 Å². The molecule has 0 atom stereocenters. The van der Waals surface area contributed by atoms with Crippen LogP contribution >= 0.6 is 0 Å². The summed E-state index contributed by atoms with van der Waals surface area (Å²) in [6.07, 6.45) is 0. The summed E-state index contributed by atoms with van der Waals surface area (Å²) < 4.78 is 8.70. The molecule has 0 fully saturated rings. The number of rotatable bonds is 4. The molecule has 0 aliphatic rings. The van der Waals surface area contributed by atoms with Gasteiger partial charge in [-0.05, 0) is 104 Å². The summed E-state index contributed by atoms with van der Waals surface area (Å²) in [5.41, 5.74) is 8.57. The maximum absolute atomic E-state index is 6.32. The van der Waals surface area contributed by atoms with Crippen molar-refractivity contribution in [1.29, 1.82) is 0 Å². The lowest BCUT2D eigenvalue weighted by Gasteiger charge is -2.27. The first-order valence-corrected chi connectivity index (χ1v) is 18.8. The molecule has 10 aromatic carbocycles. The molecule has 0 N–H and O–H groups in total. The monoisotopic (exact) mass is 700 g/mol. The largest absolute Gasteiger partial charge is 0.456 e. The van der Waals surface area contributed by atoms with Gasteiger partial charge in [0.1, 0.15) is 11.2 Å². The van der Waals surface area contributed by atoms with Gasteiger partial charge in [-0.3, -0.25) is 0 Å². The van der Waals surface area contributed by atoms with Crippen molar-refractivity contribution in [2.24, 2.45) is 0 Å². The van der Waals surface area contributed by atoms with Crippen LogP contribution in [-0.2, 0) is 0 Å². The minimum absolute atomic E-state index is 0.883. The van der Waals surface area contributed by atoms with Gasteiger partial charge in [-0.1, -0.05) is 127 Å². The molecule has 55 heavy (non-hydrogen) atoms. The molecule has 12 aromatic rings. The van der Waals surface area contributed by atoms with E-state index in [9.17, 15) is 0 Å². The summed E-state index contributed by atoms with van der Waals surface area (Å²) in [5, 5.41) is 14.7. The molecule has 0 spiro atoms. The summed E-state index contributed by atoms with van der Waals surface area (Å²) in [6, 6.07) is 70.5. The molecule has 2 heterocycles. The van der Waals surface area contributed by atoms with Crippen molar-refractivity contribution in [3.63, 3.8) is 0 Å². The number of hydrogen-bond donors (Lipinski definition) is 0. The van der Waals surface area contributed by atoms with E-state index < -0.39 is 0 Å². The molecule has 0 saturated heterocycles. The highest BCUT2D eigenvalue weighted by Gasteiger charge is 2.21. The highest BCUT2D eigenvalue weighted by atomic mass is 16.3. The van der Waals surface area contributed by atoms with E-state index in [1.807, 2.05) is 12.1 Å². The smallest absolute Gasteiger partial charge is 0.135 e. The van der Waals surface area contributed by atoms with E-state index in [1.54, 1.807) is 0 Å². The zero-order chi connectivity index (χ0) is 36.0. The predicted octanol–water partition coefficient (Wildman–Crippen LogP) is 14.8. The summed E-state index contributed by atoms with van der Waals surface area (Å²) in [6.45, 7) is 0. The van der Waals surface area contributed by atoms with Crippen LogP contribution in [0.3, 0.4) is 0 Å².